The molecule has 1 rings (SSSR count). The van der Waals surface area contributed by atoms with Crippen molar-refractivity contribution in [2.75, 3.05) is 6.61 Å². The third-order valence-corrected chi connectivity index (χ3v) is 2.44. The van der Waals surface area contributed by atoms with E-state index in [9.17, 15) is 4.79 Å². The number of hydrogen-bond acceptors (Lipinski definition) is 2. The van der Waals surface area contributed by atoms with Gasteiger partial charge >= 0.3 is 5.97 Å². The van der Waals surface area contributed by atoms with Crippen LogP contribution in [0, 0.1) is 13.8 Å². The van der Waals surface area contributed by atoms with E-state index in [1.165, 1.54) is 11.1 Å². The fraction of sp³-hybridized carbons (Fsp3) is 0.583. The molecular weight excluding hydrogens is 190 g/mol. The van der Waals surface area contributed by atoms with Gasteiger partial charge in [-0.3, -0.25) is 4.79 Å². The Labute approximate surface area is 91.0 Å². The summed E-state index contributed by atoms with van der Waals surface area (Å²) in [5.74, 6) is -0.0990. The molecule has 0 saturated heterocycles. The Balaban J connectivity index is 2.28. The van der Waals surface area contributed by atoms with Crippen LogP contribution >= 0.6 is 0 Å². The van der Waals surface area contributed by atoms with Crippen LogP contribution < -0.4 is 0 Å². The second-order valence-electron chi connectivity index (χ2n) is 3.77. The third-order valence-electron chi connectivity index (χ3n) is 2.44. The van der Waals surface area contributed by atoms with Crippen LogP contribution in [0.3, 0.4) is 0 Å². The lowest BCUT2D eigenvalue weighted by Gasteiger charge is -2.02. The van der Waals surface area contributed by atoms with Gasteiger partial charge in [0.15, 0.2) is 0 Å². The largest absolute Gasteiger partial charge is 0.466 e. The first-order chi connectivity index (χ1) is 7.13. The minimum absolute atomic E-state index is 0.0990. The standard InChI is InChI=1S/C12H19NO2/c1-4-15-12(14)6-5-7-13-8-10(2)11(3)9-13/h8-9H,4-7H2,1-3H3. The van der Waals surface area contributed by atoms with E-state index in [4.69, 9.17) is 4.74 Å². The van der Waals surface area contributed by atoms with Crippen LogP contribution in [-0.2, 0) is 16.1 Å². The zero-order valence-corrected chi connectivity index (χ0v) is 9.75. The molecule has 0 unspecified atom stereocenters. The molecule has 0 atom stereocenters. The molecule has 15 heavy (non-hydrogen) atoms. The van der Waals surface area contributed by atoms with Crippen molar-refractivity contribution in [2.45, 2.75) is 40.2 Å². The fourth-order valence-corrected chi connectivity index (χ4v) is 1.51. The molecule has 0 aliphatic heterocycles. The third kappa shape index (κ3) is 3.78. The predicted octanol–water partition coefficient (Wildman–Crippen LogP) is 2.45. The molecule has 3 nitrogen and oxygen atoms in total. The summed E-state index contributed by atoms with van der Waals surface area (Å²) in [4.78, 5) is 11.1. The number of ether oxygens (including phenoxy) is 1. The monoisotopic (exact) mass is 209 g/mol. The van der Waals surface area contributed by atoms with E-state index < -0.39 is 0 Å². The van der Waals surface area contributed by atoms with Crippen LogP contribution in [0.4, 0.5) is 0 Å². The van der Waals surface area contributed by atoms with E-state index in [-0.39, 0.29) is 5.97 Å². The average Bonchev–Trinajstić information content (AvgIpc) is 2.46. The van der Waals surface area contributed by atoms with Crippen LogP contribution in [0.15, 0.2) is 12.4 Å². The number of aromatic nitrogens is 1. The highest BCUT2D eigenvalue weighted by molar-refractivity contribution is 5.69. The van der Waals surface area contributed by atoms with E-state index in [0.717, 1.165) is 13.0 Å². The van der Waals surface area contributed by atoms with Crippen molar-refractivity contribution >= 4 is 5.97 Å². The summed E-state index contributed by atoms with van der Waals surface area (Å²) < 4.78 is 6.99. The number of nitrogens with zero attached hydrogens (tertiary/aromatic N) is 1. The van der Waals surface area contributed by atoms with Gasteiger partial charge < -0.3 is 9.30 Å². The van der Waals surface area contributed by atoms with Gasteiger partial charge in [0.2, 0.25) is 0 Å². The summed E-state index contributed by atoms with van der Waals surface area (Å²) in [6.07, 6.45) is 5.57. The lowest BCUT2D eigenvalue weighted by molar-refractivity contribution is -0.143. The summed E-state index contributed by atoms with van der Waals surface area (Å²) in [5, 5.41) is 0. The second kappa shape index (κ2) is 5.59. The van der Waals surface area contributed by atoms with Gasteiger partial charge in [-0.25, -0.2) is 0 Å². The molecule has 0 N–H and O–H groups in total. The molecule has 0 spiro atoms. The molecule has 0 aromatic carbocycles. The zero-order chi connectivity index (χ0) is 11.3. The van der Waals surface area contributed by atoms with Crippen molar-refractivity contribution in [2.24, 2.45) is 0 Å². The van der Waals surface area contributed by atoms with Crippen molar-refractivity contribution in [1.82, 2.24) is 4.57 Å². The lowest BCUT2D eigenvalue weighted by Crippen LogP contribution is -2.05. The molecule has 0 aliphatic carbocycles. The lowest BCUT2D eigenvalue weighted by atomic mass is 10.2. The molecule has 0 bridgehead atoms. The van der Waals surface area contributed by atoms with Crippen molar-refractivity contribution < 1.29 is 9.53 Å². The minimum Gasteiger partial charge on any atom is -0.466 e. The number of carbonyl (C=O) groups excluding carboxylic acids is 1. The molecule has 1 aromatic rings. The first-order valence-corrected chi connectivity index (χ1v) is 5.42. The van der Waals surface area contributed by atoms with Gasteiger partial charge in [-0.1, -0.05) is 0 Å². The van der Waals surface area contributed by atoms with Gasteiger partial charge in [-0.05, 0) is 38.3 Å². The van der Waals surface area contributed by atoms with Crippen LogP contribution in [0.2, 0.25) is 0 Å². The Kier molecular flexibility index (Phi) is 4.40. The topological polar surface area (TPSA) is 31.2 Å². The van der Waals surface area contributed by atoms with Gasteiger partial charge in [0.05, 0.1) is 6.61 Å². The van der Waals surface area contributed by atoms with Crippen molar-refractivity contribution in [3.05, 3.63) is 23.5 Å². The Morgan fingerprint density at radius 2 is 1.93 bits per heavy atom. The van der Waals surface area contributed by atoms with Gasteiger partial charge in [-0.15, -0.1) is 0 Å². The van der Waals surface area contributed by atoms with E-state index in [1.54, 1.807) is 0 Å². The molecule has 3 heteroatoms. The highest BCUT2D eigenvalue weighted by Gasteiger charge is 2.02. The molecule has 0 fully saturated rings. The van der Waals surface area contributed by atoms with Crippen molar-refractivity contribution in [3.8, 4) is 0 Å². The summed E-state index contributed by atoms with van der Waals surface area (Å²) in [7, 11) is 0. The summed E-state index contributed by atoms with van der Waals surface area (Å²) >= 11 is 0. The Bertz CT molecular complexity index is 309. The fourth-order valence-electron chi connectivity index (χ4n) is 1.51. The highest BCUT2D eigenvalue weighted by Crippen LogP contribution is 2.08. The minimum atomic E-state index is -0.0990. The van der Waals surface area contributed by atoms with Crippen LogP contribution in [0.5, 0.6) is 0 Å². The summed E-state index contributed by atoms with van der Waals surface area (Å²) in [6, 6.07) is 0. The number of esters is 1. The maximum absolute atomic E-state index is 11.1. The first-order valence-electron chi connectivity index (χ1n) is 5.42. The highest BCUT2D eigenvalue weighted by atomic mass is 16.5. The van der Waals surface area contributed by atoms with Gasteiger partial charge in [-0.2, -0.15) is 0 Å². The average molecular weight is 209 g/mol. The number of rotatable bonds is 5. The number of carbonyl (C=O) groups is 1. The normalized spacial score (nSPS) is 10.3. The SMILES string of the molecule is CCOC(=O)CCCn1cc(C)c(C)c1. The molecular formula is C12H19NO2. The smallest absolute Gasteiger partial charge is 0.305 e. The van der Waals surface area contributed by atoms with Crippen molar-refractivity contribution in [3.63, 3.8) is 0 Å². The van der Waals surface area contributed by atoms with Gasteiger partial charge in [0.1, 0.15) is 0 Å². The molecule has 84 valence electrons. The molecule has 0 radical (unpaired) electrons. The summed E-state index contributed by atoms with van der Waals surface area (Å²) in [6.45, 7) is 7.37. The number of hydrogen-bond donors (Lipinski definition) is 0. The molecule has 0 aliphatic rings. The quantitative estimate of drug-likeness (QED) is 0.697. The maximum atomic E-state index is 11.1. The van der Waals surface area contributed by atoms with E-state index in [0.29, 0.717) is 13.0 Å². The zero-order valence-electron chi connectivity index (χ0n) is 9.75. The summed E-state index contributed by atoms with van der Waals surface area (Å²) in [5.41, 5.74) is 2.59. The predicted molar refractivity (Wildman–Crippen MR) is 59.8 cm³/mol. The first kappa shape index (κ1) is 11.8. The Morgan fingerprint density at radius 1 is 1.33 bits per heavy atom. The Hall–Kier alpha value is -1.25. The molecule has 0 saturated carbocycles. The van der Waals surface area contributed by atoms with Gasteiger partial charge in [0.25, 0.3) is 0 Å². The van der Waals surface area contributed by atoms with E-state index >= 15 is 0 Å². The maximum Gasteiger partial charge on any atom is 0.305 e. The van der Waals surface area contributed by atoms with Gasteiger partial charge in [0, 0.05) is 25.4 Å². The van der Waals surface area contributed by atoms with Crippen molar-refractivity contribution in [1.29, 1.82) is 0 Å². The van der Waals surface area contributed by atoms with Crippen LogP contribution in [-0.4, -0.2) is 17.1 Å². The second-order valence-corrected chi connectivity index (χ2v) is 3.77. The molecule has 0 amide bonds. The molecule has 1 aromatic heterocycles. The van der Waals surface area contributed by atoms with E-state index in [2.05, 4.69) is 30.8 Å². The van der Waals surface area contributed by atoms with Crippen LogP contribution in [0.1, 0.15) is 30.9 Å². The Morgan fingerprint density at radius 3 is 2.47 bits per heavy atom. The number of aryl methyl sites for hydroxylation is 3. The van der Waals surface area contributed by atoms with E-state index in [1.807, 2.05) is 6.92 Å². The van der Waals surface area contributed by atoms with Crippen LogP contribution in [0.25, 0.3) is 0 Å². The molecule has 1 heterocycles.